The van der Waals surface area contributed by atoms with Gasteiger partial charge in [-0.05, 0) is 70.5 Å². The first-order valence-corrected chi connectivity index (χ1v) is 12.0. The summed E-state index contributed by atoms with van der Waals surface area (Å²) in [5.41, 5.74) is 3.75. The van der Waals surface area contributed by atoms with Crippen LogP contribution in [0.1, 0.15) is 51.4 Å². The van der Waals surface area contributed by atoms with Crippen LogP contribution in [0.15, 0.2) is 48.5 Å². The predicted molar refractivity (Wildman–Crippen MR) is 136 cm³/mol. The Morgan fingerprint density at radius 2 is 1.74 bits per heavy atom. The van der Waals surface area contributed by atoms with Crippen molar-refractivity contribution in [3.63, 3.8) is 0 Å². The average molecular weight is 481 g/mol. The Bertz CT molecular complexity index is 1110. The van der Waals surface area contributed by atoms with E-state index >= 15 is 0 Å². The van der Waals surface area contributed by atoms with Crippen molar-refractivity contribution in [2.45, 2.75) is 60.0 Å². The second-order valence-corrected chi connectivity index (χ2v) is 8.81. The molecule has 0 aliphatic carbocycles. The van der Waals surface area contributed by atoms with Crippen LogP contribution in [0.25, 0.3) is 11.3 Å². The molecule has 2 aromatic carbocycles. The molecule has 35 heavy (non-hydrogen) atoms. The lowest BCUT2D eigenvalue weighted by atomic mass is 10.1. The first kappa shape index (κ1) is 26.4. The molecular formula is C28H36N2O5. The Morgan fingerprint density at radius 1 is 1.00 bits per heavy atom. The first-order valence-electron chi connectivity index (χ1n) is 12.0. The van der Waals surface area contributed by atoms with Gasteiger partial charge in [0.05, 0.1) is 44.4 Å². The number of ether oxygens (including phenoxy) is 4. The number of carbonyl (C=O) groups excluding carboxylic acids is 1. The van der Waals surface area contributed by atoms with E-state index < -0.39 is 5.60 Å². The van der Waals surface area contributed by atoms with Crippen LogP contribution in [0.3, 0.4) is 0 Å². The largest absolute Gasteiger partial charge is 0.494 e. The molecule has 1 heterocycles. The number of nitrogens with zero attached hydrogens (tertiary/aromatic N) is 2. The van der Waals surface area contributed by atoms with Crippen molar-refractivity contribution in [2.75, 3.05) is 20.3 Å². The topological polar surface area (TPSA) is 71.8 Å². The highest BCUT2D eigenvalue weighted by Gasteiger charge is 2.25. The molecule has 0 fully saturated rings. The fourth-order valence-electron chi connectivity index (χ4n) is 3.65. The molecule has 0 saturated heterocycles. The van der Waals surface area contributed by atoms with Gasteiger partial charge in [0.25, 0.3) is 0 Å². The Morgan fingerprint density at radius 3 is 2.43 bits per heavy atom. The molecule has 0 unspecified atom stereocenters. The third-order valence-electron chi connectivity index (χ3n) is 5.74. The van der Waals surface area contributed by atoms with E-state index in [9.17, 15) is 4.79 Å². The van der Waals surface area contributed by atoms with Gasteiger partial charge >= 0.3 is 0 Å². The molecule has 0 N–H and O–H groups in total. The fraction of sp³-hybridized carbons (Fsp3) is 0.429. The van der Waals surface area contributed by atoms with Gasteiger partial charge in [0, 0.05) is 18.2 Å². The number of Topliss-reactive ketones (excluding diaryl/α,β-unsaturated/α-hetero) is 1. The van der Waals surface area contributed by atoms with Gasteiger partial charge in [-0.15, -0.1) is 0 Å². The van der Waals surface area contributed by atoms with Gasteiger partial charge in [0.1, 0.15) is 17.1 Å². The molecule has 7 heteroatoms. The molecule has 3 rings (SSSR count). The number of carbonyl (C=O) groups is 1. The molecule has 0 aliphatic heterocycles. The minimum Gasteiger partial charge on any atom is -0.494 e. The molecule has 0 aliphatic rings. The summed E-state index contributed by atoms with van der Waals surface area (Å²) in [6.07, 6.45) is 0. The second-order valence-electron chi connectivity index (χ2n) is 8.81. The SMILES string of the molecule is CCOc1cc(COC)cc(-c2cc(COC(C)(C)C(C)=O)nn2Cc2ccccc2OCC)c1. The zero-order chi connectivity index (χ0) is 25.4. The smallest absolute Gasteiger partial charge is 0.161 e. The van der Waals surface area contributed by atoms with Gasteiger partial charge in [-0.25, -0.2) is 0 Å². The summed E-state index contributed by atoms with van der Waals surface area (Å²) in [6, 6.07) is 16.0. The lowest BCUT2D eigenvalue weighted by molar-refractivity contribution is -0.139. The van der Waals surface area contributed by atoms with E-state index in [0.29, 0.717) is 26.4 Å². The van der Waals surface area contributed by atoms with Crippen molar-refractivity contribution in [3.05, 3.63) is 65.4 Å². The van der Waals surface area contributed by atoms with Crippen LogP contribution in [0, 0.1) is 0 Å². The van der Waals surface area contributed by atoms with Crippen molar-refractivity contribution in [1.29, 1.82) is 0 Å². The summed E-state index contributed by atoms with van der Waals surface area (Å²) in [5, 5.41) is 4.85. The molecule has 7 nitrogen and oxygen atoms in total. The number of hydrogen-bond donors (Lipinski definition) is 0. The number of rotatable bonds is 13. The van der Waals surface area contributed by atoms with Crippen molar-refractivity contribution >= 4 is 5.78 Å². The maximum Gasteiger partial charge on any atom is 0.161 e. The Balaban J connectivity index is 2.05. The molecule has 0 bridgehead atoms. The predicted octanol–water partition coefficient (Wildman–Crippen LogP) is 5.43. The molecule has 0 atom stereocenters. The van der Waals surface area contributed by atoms with E-state index in [1.807, 2.05) is 61.0 Å². The standard InChI is InChI=1S/C28H36N2O5/c1-7-33-25-14-21(18-32-6)13-23(15-25)26-16-24(19-35-28(4,5)20(3)31)29-30(26)17-22-11-9-10-12-27(22)34-8-2/h9-16H,7-8,17-19H2,1-6H3. The summed E-state index contributed by atoms with van der Waals surface area (Å²) in [7, 11) is 1.67. The Labute approximate surface area is 208 Å². The molecule has 0 amide bonds. The minimum atomic E-state index is -0.883. The van der Waals surface area contributed by atoms with Crippen molar-refractivity contribution < 1.29 is 23.7 Å². The number of hydrogen-bond acceptors (Lipinski definition) is 6. The first-order chi connectivity index (χ1) is 16.8. The van der Waals surface area contributed by atoms with Crippen LogP contribution in [0.2, 0.25) is 0 Å². The summed E-state index contributed by atoms with van der Waals surface area (Å²) in [4.78, 5) is 11.9. The summed E-state index contributed by atoms with van der Waals surface area (Å²) in [5.74, 6) is 1.57. The minimum absolute atomic E-state index is 0.0311. The number of ketones is 1. The molecule has 188 valence electrons. The van der Waals surface area contributed by atoms with Gasteiger partial charge in [-0.3, -0.25) is 9.48 Å². The quantitative estimate of drug-likeness (QED) is 0.325. The van der Waals surface area contributed by atoms with Gasteiger partial charge < -0.3 is 18.9 Å². The van der Waals surface area contributed by atoms with Crippen molar-refractivity contribution in [2.24, 2.45) is 0 Å². The van der Waals surface area contributed by atoms with Gasteiger partial charge in [0.2, 0.25) is 0 Å². The van der Waals surface area contributed by atoms with Crippen LogP contribution >= 0.6 is 0 Å². The third kappa shape index (κ3) is 6.93. The molecular weight excluding hydrogens is 444 g/mol. The number of para-hydroxylation sites is 1. The fourth-order valence-corrected chi connectivity index (χ4v) is 3.65. The van der Waals surface area contributed by atoms with E-state index in [4.69, 9.17) is 24.0 Å². The van der Waals surface area contributed by atoms with E-state index in [-0.39, 0.29) is 12.4 Å². The zero-order valence-electron chi connectivity index (χ0n) is 21.6. The highest BCUT2D eigenvalue weighted by molar-refractivity contribution is 5.83. The van der Waals surface area contributed by atoms with Gasteiger partial charge in [0.15, 0.2) is 5.78 Å². The van der Waals surface area contributed by atoms with E-state index in [2.05, 4.69) is 6.07 Å². The van der Waals surface area contributed by atoms with Crippen molar-refractivity contribution in [3.8, 4) is 22.8 Å². The lowest BCUT2D eigenvalue weighted by Crippen LogP contribution is -2.32. The van der Waals surface area contributed by atoms with Gasteiger partial charge in [-0.1, -0.05) is 18.2 Å². The van der Waals surface area contributed by atoms with E-state index in [1.165, 1.54) is 6.92 Å². The monoisotopic (exact) mass is 480 g/mol. The number of benzene rings is 2. The van der Waals surface area contributed by atoms with Crippen LogP contribution < -0.4 is 9.47 Å². The number of methoxy groups -OCH3 is 1. The van der Waals surface area contributed by atoms with E-state index in [0.717, 1.165) is 39.6 Å². The number of aromatic nitrogens is 2. The van der Waals surface area contributed by atoms with Gasteiger partial charge in [-0.2, -0.15) is 5.10 Å². The third-order valence-corrected chi connectivity index (χ3v) is 5.74. The maximum atomic E-state index is 11.9. The van der Waals surface area contributed by atoms with Crippen molar-refractivity contribution in [1.82, 2.24) is 9.78 Å². The summed E-state index contributed by atoms with van der Waals surface area (Å²) >= 11 is 0. The van der Waals surface area contributed by atoms with Crippen LogP contribution in [-0.2, 0) is 34.0 Å². The highest BCUT2D eigenvalue weighted by atomic mass is 16.5. The second kappa shape index (κ2) is 12.0. The summed E-state index contributed by atoms with van der Waals surface area (Å²) in [6.45, 7) is 11.4. The normalized spacial score (nSPS) is 11.5. The average Bonchev–Trinajstić information content (AvgIpc) is 3.22. The highest BCUT2D eigenvalue weighted by Crippen LogP contribution is 2.30. The summed E-state index contributed by atoms with van der Waals surface area (Å²) < 4.78 is 24.9. The van der Waals surface area contributed by atoms with Crippen LogP contribution in [0.4, 0.5) is 0 Å². The zero-order valence-corrected chi connectivity index (χ0v) is 21.6. The maximum absolute atomic E-state index is 11.9. The van der Waals surface area contributed by atoms with E-state index in [1.54, 1.807) is 21.0 Å². The Hall–Kier alpha value is -3.16. The van der Waals surface area contributed by atoms with Crippen LogP contribution in [-0.4, -0.2) is 41.5 Å². The lowest BCUT2D eigenvalue weighted by Gasteiger charge is -2.21. The molecule has 0 radical (unpaired) electrons. The molecule has 3 aromatic rings. The molecule has 1 aromatic heterocycles. The molecule has 0 spiro atoms. The van der Waals surface area contributed by atoms with Crippen LogP contribution in [0.5, 0.6) is 11.5 Å². The Kier molecular flexibility index (Phi) is 9.07. The molecule has 0 saturated carbocycles.